The van der Waals surface area contributed by atoms with Crippen LogP contribution in [0, 0.1) is 0 Å². The van der Waals surface area contributed by atoms with Crippen LogP contribution < -0.4 is 10.6 Å². The molecule has 0 saturated carbocycles. The lowest BCUT2D eigenvalue weighted by molar-refractivity contribution is -0.137. The minimum absolute atomic E-state index is 0.140. The standard InChI is InChI=1S/C27H23F3N4O3/c1-37-14-23-33-22-13-18(32-25(35)19-7-2-3-8-21(19)27(28,29)30)12-20(24(22)34-23)26(36)31-17-10-9-15-5-4-6-16(15)11-17/h2-3,7-13H,4-6,14H2,1H3,(H,31,36)(H,32,35)(H,33,34). The lowest BCUT2D eigenvalue weighted by Crippen LogP contribution is -2.19. The Morgan fingerprint density at radius 3 is 2.46 bits per heavy atom. The van der Waals surface area contributed by atoms with Crippen molar-refractivity contribution in [3.8, 4) is 0 Å². The van der Waals surface area contributed by atoms with Gasteiger partial charge in [-0.25, -0.2) is 4.98 Å². The number of nitrogens with zero attached hydrogens (tertiary/aromatic N) is 1. The molecule has 2 amide bonds. The van der Waals surface area contributed by atoms with E-state index in [0.717, 1.165) is 31.4 Å². The molecule has 0 saturated heterocycles. The molecule has 5 rings (SSSR count). The summed E-state index contributed by atoms with van der Waals surface area (Å²) in [5, 5.41) is 5.38. The molecule has 0 spiro atoms. The zero-order chi connectivity index (χ0) is 26.2. The van der Waals surface area contributed by atoms with Crippen LogP contribution in [0.4, 0.5) is 24.5 Å². The Hall–Kier alpha value is -4.18. The molecule has 0 atom stereocenters. The van der Waals surface area contributed by atoms with E-state index in [-0.39, 0.29) is 17.9 Å². The third-order valence-corrected chi connectivity index (χ3v) is 6.25. The van der Waals surface area contributed by atoms with Crippen LogP contribution in [-0.2, 0) is 30.4 Å². The molecule has 3 aromatic carbocycles. The molecule has 3 N–H and O–H groups in total. The number of aromatic amines is 1. The number of rotatable bonds is 6. The molecule has 0 bridgehead atoms. The van der Waals surface area contributed by atoms with E-state index in [1.807, 2.05) is 18.2 Å². The van der Waals surface area contributed by atoms with Crippen LogP contribution in [0.15, 0.2) is 54.6 Å². The van der Waals surface area contributed by atoms with Crippen molar-refractivity contribution in [2.45, 2.75) is 32.0 Å². The number of alkyl halides is 3. The molecule has 37 heavy (non-hydrogen) atoms. The predicted molar refractivity (Wildman–Crippen MR) is 133 cm³/mol. The van der Waals surface area contributed by atoms with Crippen molar-refractivity contribution in [1.82, 2.24) is 9.97 Å². The van der Waals surface area contributed by atoms with Crippen LogP contribution >= 0.6 is 0 Å². The zero-order valence-electron chi connectivity index (χ0n) is 19.8. The smallest absolute Gasteiger partial charge is 0.377 e. The molecule has 1 aliphatic carbocycles. The maximum atomic E-state index is 13.4. The van der Waals surface area contributed by atoms with Gasteiger partial charge < -0.3 is 20.4 Å². The highest BCUT2D eigenvalue weighted by Crippen LogP contribution is 2.33. The van der Waals surface area contributed by atoms with E-state index in [1.54, 1.807) is 0 Å². The maximum Gasteiger partial charge on any atom is 0.417 e. The minimum Gasteiger partial charge on any atom is -0.377 e. The fourth-order valence-electron chi connectivity index (χ4n) is 4.59. The summed E-state index contributed by atoms with van der Waals surface area (Å²) in [5.41, 5.74) is 2.57. The molecule has 0 radical (unpaired) electrons. The van der Waals surface area contributed by atoms with E-state index in [4.69, 9.17) is 4.74 Å². The summed E-state index contributed by atoms with van der Waals surface area (Å²) in [6.07, 6.45) is -1.66. The number of anilines is 2. The summed E-state index contributed by atoms with van der Waals surface area (Å²) in [7, 11) is 1.50. The number of carbonyl (C=O) groups is 2. The Morgan fingerprint density at radius 1 is 0.946 bits per heavy atom. The van der Waals surface area contributed by atoms with Gasteiger partial charge in [-0.3, -0.25) is 9.59 Å². The van der Waals surface area contributed by atoms with Crippen molar-refractivity contribution in [2.75, 3.05) is 17.7 Å². The Bertz CT molecular complexity index is 1510. The van der Waals surface area contributed by atoms with Crippen molar-refractivity contribution in [3.63, 3.8) is 0 Å². The van der Waals surface area contributed by atoms with Crippen LogP contribution in [0.5, 0.6) is 0 Å². The summed E-state index contributed by atoms with van der Waals surface area (Å²) in [5.74, 6) is -0.964. The molecule has 1 heterocycles. The number of fused-ring (bicyclic) bond motifs is 2. The Morgan fingerprint density at radius 2 is 1.68 bits per heavy atom. The van der Waals surface area contributed by atoms with E-state index in [2.05, 4.69) is 20.6 Å². The number of methoxy groups -OCH3 is 1. The van der Waals surface area contributed by atoms with Crippen LogP contribution in [-0.4, -0.2) is 28.9 Å². The van der Waals surface area contributed by atoms with Gasteiger partial charge >= 0.3 is 6.18 Å². The first kappa shape index (κ1) is 24.5. The molecule has 4 aromatic rings. The fraction of sp³-hybridized carbons (Fsp3) is 0.222. The topological polar surface area (TPSA) is 96.1 Å². The van der Waals surface area contributed by atoms with Crippen molar-refractivity contribution in [1.29, 1.82) is 0 Å². The molecule has 0 fully saturated rings. The number of benzene rings is 3. The van der Waals surface area contributed by atoms with Gasteiger partial charge in [-0.05, 0) is 66.8 Å². The summed E-state index contributed by atoms with van der Waals surface area (Å²) < 4.78 is 45.4. The number of H-pyrrole nitrogens is 1. The minimum atomic E-state index is -4.70. The highest BCUT2D eigenvalue weighted by molar-refractivity contribution is 6.14. The summed E-state index contributed by atoms with van der Waals surface area (Å²) in [6.45, 7) is 0.154. The van der Waals surface area contributed by atoms with Crippen LogP contribution in [0.1, 0.15) is 49.7 Å². The van der Waals surface area contributed by atoms with Gasteiger partial charge in [0.25, 0.3) is 11.8 Å². The second kappa shape index (κ2) is 9.70. The predicted octanol–water partition coefficient (Wildman–Crippen LogP) is 5.72. The van der Waals surface area contributed by atoms with Crippen LogP contribution in [0.25, 0.3) is 11.0 Å². The maximum absolute atomic E-state index is 13.4. The molecule has 190 valence electrons. The number of carbonyl (C=O) groups excluding carboxylic acids is 2. The van der Waals surface area contributed by atoms with Gasteiger partial charge in [-0.15, -0.1) is 0 Å². The summed E-state index contributed by atoms with van der Waals surface area (Å²) >= 11 is 0. The number of imidazole rings is 1. The first-order valence-corrected chi connectivity index (χ1v) is 11.7. The van der Waals surface area contributed by atoms with E-state index in [1.165, 1.54) is 42.5 Å². The van der Waals surface area contributed by atoms with Gasteiger partial charge in [-0.1, -0.05) is 18.2 Å². The highest BCUT2D eigenvalue weighted by atomic mass is 19.4. The highest BCUT2D eigenvalue weighted by Gasteiger charge is 2.35. The molecule has 7 nitrogen and oxygen atoms in total. The number of halogens is 3. The average Bonchev–Trinajstić information content (AvgIpc) is 3.49. The van der Waals surface area contributed by atoms with Crippen molar-refractivity contribution in [3.05, 3.63) is 88.2 Å². The number of aryl methyl sites for hydroxylation is 2. The molecule has 1 aliphatic rings. The quantitative estimate of drug-likeness (QED) is 0.310. The number of nitrogens with one attached hydrogen (secondary N) is 3. The Kier molecular flexibility index (Phi) is 6.43. The largest absolute Gasteiger partial charge is 0.417 e. The van der Waals surface area contributed by atoms with Crippen molar-refractivity contribution < 1.29 is 27.5 Å². The second-order valence-corrected chi connectivity index (χ2v) is 8.83. The van der Waals surface area contributed by atoms with Gasteiger partial charge in [0, 0.05) is 18.5 Å². The van der Waals surface area contributed by atoms with Gasteiger partial charge in [0.1, 0.15) is 17.9 Å². The lowest BCUT2D eigenvalue weighted by Gasteiger charge is -2.13. The fourth-order valence-corrected chi connectivity index (χ4v) is 4.59. The van der Waals surface area contributed by atoms with Gasteiger partial charge in [0.05, 0.1) is 22.2 Å². The van der Waals surface area contributed by atoms with E-state index >= 15 is 0 Å². The summed E-state index contributed by atoms with van der Waals surface area (Å²) in [4.78, 5) is 33.7. The molecular weight excluding hydrogens is 485 g/mol. The normalized spacial score (nSPS) is 13.0. The SMILES string of the molecule is COCc1nc2c(C(=O)Nc3ccc4c(c3)CCC4)cc(NC(=O)c3ccccc3C(F)(F)F)cc2[nH]1. The van der Waals surface area contributed by atoms with Crippen LogP contribution in [0.3, 0.4) is 0 Å². The zero-order valence-corrected chi connectivity index (χ0v) is 19.8. The lowest BCUT2D eigenvalue weighted by atomic mass is 10.1. The summed E-state index contributed by atoms with van der Waals surface area (Å²) in [6, 6.07) is 13.2. The number of hydrogen-bond acceptors (Lipinski definition) is 4. The Labute approximate surface area is 210 Å². The number of ether oxygens (including phenoxy) is 1. The number of hydrogen-bond donors (Lipinski definition) is 3. The molecule has 0 unspecified atom stereocenters. The first-order valence-electron chi connectivity index (χ1n) is 11.7. The third kappa shape index (κ3) is 5.05. The van der Waals surface area contributed by atoms with Gasteiger partial charge in [0.15, 0.2) is 0 Å². The van der Waals surface area contributed by atoms with Gasteiger partial charge in [0.2, 0.25) is 0 Å². The molecule has 1 aromatic heterocycles. The molecule has 0 aliphatic heterocycles. The average molecular weight is 509 g/mol. The van der Waals surface area contributed by atoms with E-state index in [9.17, 15) is 22.8 Å². The second-order valence-electron chi connectivity index (χ2n) is 8.83. The van der Waals surface area contributed by atoms with E-state index < -0.39 is 29.1 Å². The van der Waals surface area contributed by atoms with E-state index in [0.29, 0.717) is 22.5 Å². The number of aromatic nitrogens is 2. The molecule has 10 heteroatoms. The van der Waals surface area contributed by atoms with Gasteiger partial charge in [-0.2, -0.15) is 13.2 Å². The van der Waals surface area contributed by atoms with Crippen molar-refractivity contribution in [2.24, 2.45) is 0 Å². The molecular formula is C27H23F3N4O3. The first-order chi connectivity index (χ1) is 17.7. The Balaban J connectivity index is 1.49. The van der Waals surface area contributed by atoms with Crippen molar-refractivity contribution >= 4 is 34.2 Å². The monoisotopic (exact) mass is 508 g/mol. The third-order valence-electron chi connectivity index (χ3n) is 6.25. The number of amides is 2. The van der Waals surface area contributed by atoms with Crippen LogP contribution in [0.2, 0.25) is 0 Å².